The Balaban J connectivity index is 3.27. The summed E-state index contributed by atoms with van der Waals surface area (Å²) in [5, 5.41) is 0. The molecule has 0 saturated carbocycles. The molecule has 7 heavy (non-hydrogen) atoms. The molecule has 0 aliphatic rings. The van der Waals surface area contributed by atoms with Gasteiger partial charge in [0.25, 0.3) is 0 Å². The van der Waals surface area contributed by atoms with Crippen LogP contribution in [0.3, 0.4) is 0 Å². The second-order valence-corrected chi connectivity index (χ2v) is 0.930. The van der Waals surface area contributed by atoms with Gasteiger partial charge in [-0.2, -0.15) is 0 Å². The van der Waals surface area contributed by atoms with E-state index in [2.05, 4.69) is 16.7 Å². The van der Waals surface area contributed by atoms with Gasteiger partial charge in [-0.05, 0) is 13.6 Å². The van der Waals surface area contributed by atoms with E-state index in [4.69, 9.17) is 0 Å². The van der Waals surface area contributed by atoms with Crippen molar-refractivity contribution < 1.29 is 0 Å². The van der Waals surface area contributed by atoms with Crippen molar-refractivity contribution in [1.82, 2.24) is 0 Å². The van der Waals surface area contributed by atoms with Crippen LogP contribution in [0.4, 0.5) is 0 Å². The van der Waals surface area contributed by atoms with E-state index < -0.39 is 0 Å². The third-order valence-corrected chi connectivity index (χ3v) is 0.383. The molecule has 0 fully saturated rings. The minimum atomic E-state index is 1.39. The third-order valence-electron chi connectivity index (χ3n) is 0.383. The maximum atomic E-state index is 3.67. The van der Waals surface area contributed by atoms with Crippen molar-refractivity contribution >= 4 is 13.1 Å². The zero-order valence-electron chi connectivity index (χ0n) is 4.33. The Morgan fingerprint density at radius 1 is 1.57 bits per heavy atom. The van der Waals surface area contributed by atoms with Crippen molar-refractivity contribution in [2.24, 2.45) is 9.98 Å². The topological polar surface area (TPSA) is 24.7 Å². The molecule has 0 heterocycles. The summed E-state index contributed by atoms with van der Waals surface area (Å²) in [5.74, 6) is 0. The van der Waals surface area contributed by atoms with Gasteiger partial charge < -0.3 is 0 Å². The molecule has 0 unspecified atom stereocenters. The zero-order chi connectivity index (χ0) is 5.54. The standard InChI is InChI=1S/C5H8N2/c1-3-4-7-5-6-2/h3-5H,2H2,1H3/b4-3-,7-5-. The van der Waals surface area contributed by atoms with E-state index in [9.17, 15) is 0 Å². The molecule has 0 spiro atoms. The molecule has 2 heteroatoms. The maximum absolute atomic E-state index is 3.67. The van der Waals surface area contributed by atoms with Crippen molar-refractivity contribution in [2.45, 2.75) is 6.92 Å². The van der Waals surface area contributed by atoms with Gasteiger partial charge in [0.2, 0.25) is 0 Å². The highest BCUT2D eigenvalue weighted by Crippen LogP contribution is 1.68. The molecule has 0 rings (SSSR count). The van der Waals surface area contributed by atoms with Crippen molar-refractivity contribution in [1.29, 1.82) is 0 Å². The number of hydrogen-bond donors (Lipinski definition) is 0. The lowest BCUT2D eigenvalue weighted by Crippen LogP contribution is -1.55. The molecule has 0 aromatic heterocycles. The van der Waals surface area contributed by atoms with Gasteiger partial charge in [0.15, 0.2) is 0 Å². The zero-order valence-corrected chi connectivity index (χ0v) is 4.33. The molecule has 0 amide bonds. The van der Waals surface area contributed by atoms with E-state index >= 15 is 0 Å². The predicted octanol–water partition coefficient (Wildman–Crippen LogP) is 1.25. The molecule has 38 valence electrons. The Kier molecular flexibility index (Phi) is 4.41. The fraction of sp³-hybridized carbons (Fsp3) is 0.200. The lowest BCUT2D eigenvalue weighted by molar-refractivity contribution is 1.52. The number of nitrogens with zero attached hydrogens (tertiary/aromatic N) is 2. The maximum Gasteiger partial charge on any atom is 0.114 e. The van der Waals surface area contributed by atoms with Crippen LogP contribution >= 0.6 is 0 Å². The van der Waals surface area contributed by atoms with E-state index in [0.29, 0.717) is 0 Å². The van der Waals surface area contributed by atoms with Gasteiger partial charge in [0, 0.05) is 6.20 Å². The molecule has 0 aromatic rings. The van der Waals surface area contributed by atoms with Crippen LogP contribution in [-0.2, 0) is 0 Å². The van der Waals surface area contributed by atoms with Crippen LogP contribution in [0.5, 0.6) is 0 Å². The van der Waals surface area contributed by atoms with Crippen LogP contribution in [0.15, 0.2) is 22.3 Å². The summed E-state index contributed by atoms with van der Waals surface area (Å²) in [7, 11) is 0. The fourth-order valence-corrected chi connectivity index (χ4v) is 0.172. The van der Waals surface area contributed by atoms with Gasteiger partial charge in [0.05, 0.1) is 0 Å². The van der Waals surface area contributed by atoms with E-state index in [1.165, 1.54) is 6.34 Å². The molecule has 0 N–H and O–H groups in total. The first kappa shape index (κ1) is 6.08. The highest BCUT2D eigenvalue weighted by Gasteiger charge is 1.52. The van der Waals surface area contributed by atoms with E-state index in [-0.39, 0.29) is 0 Å². The van der Waals surface area contributed by atoms with Crippen LogP contribution < -0.4 is 0 Å². The normalized spacial score (nSPS) is 11.0. The van der Waals surface area contributed by atoms with Crippen molar-refractivity contribution in [2.75, 3.05) is 0 Å². The summed E-state index contributed by atoms with van der Waals surface area (Å²) in [6, 6.07) is 0. The first-order chi connectivity index (χ1) is 3.41. The summed E-state index contributed by atoms with van der Waals surface area (Å²) in [4.78, 5) is 7.05. The summed E-state index contributed by atoms with van der Waals surface area (Å²) in [6.45, 7) is 5.09. The van der Waals surface area contributed by atoms with Gasteiger partial charge in [-0.25, -0.2) is 4.99 Å². The molecule has 0 saturated heterocycles. The van der Waals surface area contributed by atoms with Crippen molar-refractivity contribution in [3.8, 4) is 0 Å². The number of hydrogen-bond acceptors (Lipinski definition) is 1. The SMILES string of the molecule is C=N/C=N\C=C/C. The Bertz CT molecular complexity index is 92.3. The lowest BCUT2D eigenvalue weighted by Gasteiger charge is -1.66. The van der Waals surface area contributed by atoms with Crippen LogP contribution in [0, 0.1) is 0 Å². The largest absolute Gasteiger partial charge is 0.253 e. The van der Waals surface area contributed by atoms with Gasteiger partial charge >= 0.3 is 0 Å². The van der Waals surface area contributed by atoms with Gasteiger partial charge in [-0.15, -0.1) is 0 Å². The summed E-state index contributed by atoms with van der Waals surface area (Å²) in [6.07, 6.45) is 4.86. The Hall–Kier alpha value is -0.920. The molecule has 2 nitrogen and oxygen atoms in total. The molecule has 0 atom stereocenters. The smallest absolute Gasteiger partial charge is 0.114 e. The Labute approximate surface area is 43.3 Å². The monoisotopic (exact) mass is 96.1 g/mol. The average molecular weight is 96.1 g/mol. The van der Waals surface area contributed by atoms with Gasteiger partial charge in [0.1, 0.15) is 6.34 Å². The lowest BCUT2D eigenvalue weighted by atomic mass is 10.7. The molecular formula is C5H8N2. The second-order valence-electron chi connectivity index (χ2n) is 0.930. The molecular weight excluding hydrogens is 88.1 g/mol. The quantitative estimate of drug-likeness (QED) is 0.365. The minimum absolute atomic E-state index is 1.39. The molecule has 0 aliphatic carbocycles. The fourth-order valence-electron chi connectivity index (χ4n) is 0.172. The first-order valence-electron chi connectivity index (χ1n) is 2.00. The van der Waals surface area contributed by atoms with Crippen LogP contribution in [0.2, 0.25) is 0 Å². The minimum Gasteiger partial charge on any atom is -0.253 e. The number of aliphatic imine (C=N–C) groups is 2. The first-order valence-corrected chi connectivity index (χ1v) is 2.00. The van der Waals surface area contributed by atoms with E-state index in [1.807, 2.05) is 13.0 Å². The van der Waals surface area contributed by atoms with E-state index in [0.717, 1.165) is 0 Å². The van der Waals surface area contributed by atoms with Crippen molar-refractivity contribution in [3.63, 3.8) is 0 Å². The summed E-state index contributed by atoms with van der Waals surface area (Å²) in [5.41, 5.74) is 0. The van der Waals surface area contributed by atoms with Crippen LogP contribution in [0.25, 0.3) is 0 Å². The molecule has 0 radical (unpaired) electrons. The number of allylic oxidation sites excluding steroid dienone is 1. The van der Waals surface area contributed by atoms with Crippen molar-refractivity contribution in [3.05, 3.63) is 12.3 Å². The highest BCUT2D eigenvalue weighted by molar-refractivity contribution is 5.62. The average Bonchev–Trinajstić information content (AvgIpc) is 1.69. The molecule has 0 aromatic carbocycles. The Morgan fingerprint density at radius 3 is 2.71 bits per heavy atom. The molecule has 0 aliphatic heterocycles. The predicted molar refractivity (Wildman–Crippen MR) is 32.9 cm³/mol. The summed E-state index contributed by atoms with van der Waals surface area (Å²) >= 11 is 0. The summed E-state index contributed by atoms with van der Waals surface area (Å²) < 4.78 is 0. The number of rotatable bonds is 2. The van der Waals surface area contributed by atoms with Crippen LogP contribution in [-0.4, -0.2) is 13.1 Å². The second kappa shape index (κ2) is 5.08. The third kappa shape index (κ3) is 5.08. The van der Waals surface area contributed by atoms with Gasteiger partial charge in [-0.1, -0.05) is 6.08 Å². The Morgan fingerprint density at radius 2 is 2.29 bits per heavy atom. The molecule has 0 bridgehead atoms. The van der Waals surface area contributed by atoms with Crippen LogP contribution in [0.1, 0.15) is 6.92 Å². The highest BCUT2D eigenvalue weighted by atomic mass is 14.8. The van der Waals surface area contributed by atoms with E-state index in [1.54, 1.807) is 6.20 Å². The van der Waals surface area contributed by atoms with Gasteiger partial charge in [-0.3, -0.25) is 4.99 Å².